The molecule has 0 saturated carbocycles. The zero-order valence-electron chi connectivity index (χ0n) is 17.4. The molecule has 4 rings (SSSR count). The first-order valence-corrected chi connectivity index (χ1v) is 10.9. The van der Waals surface area contributed by atoms with Crippen LogP contribution in [0, 0.1) is 5.92 Å². The molecule has 3 nitrogen and oxygen atoms in total. The van der Waals surface area contributed by atoms with Gasteiger partial charge in [-0.05, 0) is 68.8 Å². The summed E-state index contributed by atoms with van der Waals surface area (Å²) in [6.45, 7) is 5.12. The minimum atomic E-state index is -4.20. The molecule has 0 spiro atoms. The van der Waals surface area contributed by atoms with E-state index in [1.54, 1.807) is 18.2 Å². The molecule has 2 heterocycles. The highest BCUT2D eigenvalue weighted by molar-refractivity contribution is 5.95. The van der Waals surface area contributed by atoms with Crippen LogP contribution < -0.4 is 0 Å². The molecule has 1 aromatic carbocycles. The standard InChI is InChI=1S/C24H29F3N2O/c1-17-4-2-14-28(17)16-22-5-3-15-29(22)23(30)20-8-6-18(7-9-20)19-10-12-21(13-11-19)24(25,26)27/h6-12,17,21-22H,2-5,13-16H2,1H3. The van der Waals surface area contributed by atoms with Gasteiger partial charge in [0.1, 0.15) is 0 Å². The summed E-state index contributed by atoms with van der Waals surface area (Å²) in [4.78, 5) is 17.6. The second-order valence-electron chi connectivity index (χ2n) is 8.76. The maximum absolute atomic E-state index is 13.1. The van der Waals surface area contributed by atoms with E-state index >= 15 is 0 Å². The summed E-state index contributed by atoms with van der Waals surface area (Å²) in [6, 6.07) is 8.14. The van der Waals surface area contributed by atoms with E-state index in [4.69, 9.17) is 0 Å². The van der Waals surface area contributed by atoms with E-state index in [2.05, 4.69) is 11.8 Å². The Morgan fingerprint density at radius 2 is 1.83 bits per heavy atom. The monoisotopic (exact) mass is 418 g/mol. The molecule has 2 aliphatic heterocycles. The van der Waals surface area contributed by atoms with Crippen LogP contribution in [0.25, 0.3) is 5.57 Å². The van der Waals surface area contributed by atoms with E-state index in [1.807, 2.05) is 17.0 Å². The van der Waals surface area contributed by atoms with Crippen molar-refractivity contribution >= 4 is 11.5 Å². The molecule has 162 valence electrons. The molecule has 0 radical (unpaired) electrons. The van der Waals surface area contributed by atoms with E-state index in [0.717, 1.165) is 43.6 Å². The Balaban J connectivity index is 1.41. The van der Waals surface area contributed by atoms with Crippen molar-refractivity contribution in [2.75, 3.05) is 19.6 Å². The van der Waals surface area contributed by atoms with Crippen LogP contribution in [0.1, 0.15) is 54.9 Å². The number of allylic oxidation sites excluding steroid dienone is 4. The summed E-state index contributed by atoms with van der Waals surface area (Å²) in [7, 11) is 0. The Morgan fingerprint density at radius 3 is 2.43 bits per heavy atom. The molecule has 1 aromatic rings. The van der Waals surface area contributed by atoms with Gasteiger partial charge in [-0.3, -0.25) is 9.69 Å². The predicted octanol–water partition coefficient (Wildman–Crippen LogP) is 5.30. The van der Waals surface area contributed by atoms with E-state index in [-0.39, 0.29) is 18.4 Å². The van der Waals surface area contributed by atoms with Crippen molar-refractivity contribution in [3.8, 4) is 0 Å². The number of carbonyl (C=O) groups is 1. The SMILES string of the molecule is CC1CCCN1CC1CCCN1C(=O)c1ccc(C2=CCC(C(F)(F)F)C=C2)cc1. The van der Waals surface area contributed by atoms with Crippen molar-refractivity contribution in [1.29, 1.82) is 0 Å². The van der Waals surface area contributed by atoms with Gasteiger partial charge in [-0.1, -0.05) is 30.4 Å². The Morgan fingerprint density at radius 1 is 1.10 bits per heavy atom. The molecule has 3 aliphatic rings. The molecule has 0 bridgehead atoms. The van der Waals surface area contributed by atoms with Gasteiger partial charge in [-0.2, -0.15) is 13.2 Å². The van der Waals surface area contributed by atoms with Crippen molar-refractivity contribution in [2.24, 2.45) is 5.92 Å². The van der Waals surface area contributed by atoms with Crippen molar-refractivity contribution in [3.05, 3.63) is 53.6 Å². The minimum absolute atomic E-state index is 0.0413. The van der Waals surface area contributed by atoms with Crippen LogP contribution in [-0.4, -0.2) is 53.6 Å². The predicted molar refractivity (Wildman–Crippen MR) is 112 cm³/mol. The summed E-state index contributed by atoms with van der Waals surface area (Å²) >= 11 is 0. The molecule has 0 N–H and O–H groups in total. The summed E-state index contributed by atoms with van der Waals surface area (Å²) in [6.07, 6.45) is 4.69. The van der Waals surface area contributed by atoms with Crippen LogP contribution in [0.4, 0.5) is 13.2 Å². The number of nitrogens with zero attached hydrogens (tertiary/aromatic N) is 2. The summed E-state index contributed by atoms with van der Waals surface area (Å²) in [5, 5.41) is 0. The number of likely N-dealkylation sites (tertiary alicyclic amines) is 2. The fourth-order valence-corrected chi connectivity index (χ4v) is 4.88. The number of hydrogen-bond donors (Lipinski definition) is 0. The fraction of sp³-hybridized carbons (Fsp3) is 0.542. The number of carbonyl (C=O) groups excluding carboxylic acids is 1. The molecular formula is C24H29F3N2O. The second-order valence-corrected chi connectivity index (χ2v) is 8.76. The van der Waals surface area contributed by atoms with Gasteiger partial charge in [0.25, 0.3) is 5.91 Å². The molecule has 1 amide bonds. The Bertz CT molecular complexity index is 828. The quantitative estimate of drug-likeness (QED) is 0.663. The molecule has 2 fully saturated rings. The maximum atomic E-state index is 13.1. The van der Waals surface area contributed by atoms with Crippen LogP contribution in [0.5, 0.6) is 0 Å². The third-order valence-electron chi connectivity index (χ3n) is 6.76. The topological polar surface area (TPSA) is 23.6 Å². The van der Waals surface area contributed by atoms with Crippen LogP contribution in [0.15, 0.2) is 42.5 Å². The summed E-state index contributed by atoms with van der Waals surface area (Å²) in [5.74, 6) is -1.35. The second kappa shape index (κ2) is 8.58. The third-order valence-corrected chi connectivity index (χ3v) is 6.76. The first kappa shape index (κ1) is 21.2. The van der Waals surface area contributed by atoms with Gasteiger partial charge >= 0.3 is 6.18 Å². The van der Waals surface area contributed by atoms with E-state index < -0.39 is 12.1 Å². The Labute approximate surface area is 176 Å². The lowest BCUT2D eigenvalue weighted by molar-refractivity contribution is -0.160. The fourth-order valence-electron chi connectivity index (χ4n) is 4.88. The van der Waals surface area contributed by atoms with Crippen LogP contribution >= 0.6 is 0 Å². The lowest BCUT2D eigenvalue weighted by Crippen LogP contribution is -2.44. The van der Waals surface area contributed by atoms with Crippen LogP contribution in [0.2, 0.25) is 0 Å². The minimum Gasteiger partial charge on any atom is -0.334 e. The molecule has 6 heteroatoms. The number of halogens is 3. The highest BCUT2D eigenvalue weighted by Crippen LogP contribution is 2.35. The molecule has 1 aliphatic carbocycles. The van der Waals surface area contributed by atoms with Gasteiger partial charge in [0.15, 0.2) is 0 Å². The first-order chi connectivity index (χ1) is 14.3. The number of benzene rings is 1. The lowest BCUT2D eigenvalue weighted by Gasteiger charge is -2.31. The number of alkyl halides is 3. The highest BCUT2D eigenvalue weighted by atomic mass is 19.4. The molecule has 30 heavy (non-hydrogen) atoms. The average Bonchev–Trinajstić information content (AvgIpc) is 3.36. The molecule has 3 atom stereocenters. The van der Waals surface area contributed by atoms with E-state index in [1.165, 1.54) is 25.0 Å². The van der Waals surface area contributed by atoms with E-state index in [9.17, 15) is 18.0 Å². The largest absolute Gasteiger partial charge is 0.395 e. The number of rotatable bonds is 4. The third kappa shape index (κ3) is 4.48. The molecule has 2 saturated heterocycles. The zero-order valence-corrected chi connectivity index (χ0v) is 17.4. The van der Waals surface area contributed by atoms with Gasteiger partial charge in [0, 0.05) is 30.7 Å². The molecular weight excluding hydrogens is 389 g/mol. The number of hydrogen-bond acceptors (Lipinski definition) is 2. The first-order valence-electron chi connectivity index (χ1n) is 10.9. The Hall–Kier alpha value is -2.08. The van der Waals surface area contributed by atoms with Crippen LogP contribution in [0.3, 0.4) is 0 Å². The van der Waals surface area contributed by atoms with E-state index in [0.29, 0.717) is 11.6 Å². The number of amides is 1. The van der Waals surface area contributed by atoms with Crippen molar-refractivity contribution in [1.82, 2.24) is 9.80 Å². The normalized spacial score (nSPS) is 27.5. The average molecular weight is 419 g/mol. The van der Waals surface area contributed by atoms with Crippen LogP contribution in [-0.2, 0) is 0 Å². The van der Waals surface area contributed by atoms with Crippen molar-refractivity contribution < 1.29 is 18.0 Å². The maximum Gasteiger partial charge on any atom is 0.395 e. The zero-order chi connectivity index (χ0) is 21.3. The highest BCUT2D eigenvalue weighted by Gasteiger charge is 2.38. The molecule has 0 aromatic heterocycles. The van der Waals surface area contributed by atoms with Gasteiger partial charge in [-0.15, -0.1) is 0 Å². The summed E-state index contributed by atoms with van der Waals surface area (Å²) in [5.41, 5.74) is 2.26. The van der Waals surface area contributed by atoms with Gasteiger partial charge in [0.05, 0.1) is 5.92 Å². The van der Waals surface area contributed by atoms with Gasteiger partial charge < -0.3 is 4.90 Å². The Kier molecular flexibility index (Phi) is 6.05. The summed E-state index contributed by atoms with van der Waals surface area (Å²) < 4.78 is 38.4. The van der Waals surface area contributed by atoms with Crippen molar-refractivity contribution in [3.63, 3.8) is 0 Å². The lowest BCUT2D eigenvalue weighted by atomic mass is 9.92. The van der Waals surface area contributed by atoms with Crippen molar-refractivity contribution in [2.45, 2.75) is 57.3 Å². The molecule has 3 unspecified atom stereocenters. The van der Waals surface area contributed by atoms with Gasteiger partial charge in [-0.25, -0.2) is 0 Å². The van der Waals surface area contributed by atoms with Gasteiger partial charge in [0.2, 0.25) is 0 Å². The smallest absolute Gasteiger partial charge is 0.334 e.